The third kappa shape index (κ3) is 5.89. The lowest BCUT2D eigenvalue weighted by Crippen LogP contribution is -2.58. The fourth-order valence-electron chi connectivity index (χ4n) is 7.25. The topological polar surface area (TPSA) is 99.7 Å². The Morgan fingerprint density at radius 1 is 1.09 bits per heavy atom. The fraction of sp³-hybridized carbons (Fsp3) is 0.486. The smallest absolute Gasteiger partial charge is 0.272 e. The molecule has 44 heavy (non-hydrogen) atoms. The van der Waals surface area contributed by atoms with E-state index in [0.29, 0.717) is 43.4 Å². The number of piperazine rings is 1. The van der Waals surface area contributed by atoms with Gasteiger partial charge in [-0.1, -0.05) is 50.1 Å². The second-order valence-corrected chi connectivity index (χ2v) is 12.2. The molecule has 3 aliphatic rings. The molecule has 0 spiro atoms. The number of nitrogens with zero attached hydrogens (tertiary/aromatic N) is 4. The van der Waals surface area contributed by atoms with E-state index in [0.717, 1.165) is 68.4 Å². The molecule has 232 valence electrons. The lowest BCUT2D eigenvalue weighted by Gasteiger charge is -2.45. The van der Waals surface area contributed by atoms with Gasteiger partial charge in [-0.15, -0.1) is 0 Å². The number of benzene rings is 1. The summed E-state index contributed by atoms with van der Waals surface area (Å²) >= 11 is 0. The van der Waals surface area contributed by atoms with Crippen LogP contribution in [-0.2, 0) is 10.2 Å². The Bertz CT molecular complexity index is 1440. The molecule has 9 nitrogen and oxygen atoms in total. The van der Waals surface area contributed by atoms with Crippen LogP contribution in [0.2, 0.25) is 0 Å². The minimum Gasteiger partial charge on any atom is -0.492 e. The maximum absolute atomic E-state index is 14.3. The van der Waals surface area contributed by atoms with Gasteiger partial charge in [0.2, 0.25) is 5.91 Å². The molecule has 0 radical (unpaired) electrons. The van der Waals surface area contributed by atoms with Crippen LogP contribution in [0.5, 0.6) is 5.75 Å². The average Bonchev–Trinajstić information content (AvgIpc) is 3.78. The number of aromatic nitrogens is 2. The van der Waals surface area contributed by atoms with Crippen LogP contribution in [0.1, 0.15) is 68.4 Å². The van der Waals surface area contributed by atoms with Gasteiger partial charge in [0, 0.05) is 62.3 Å². The van der Waals surface area contributed by atoms with Gasteiger partial charge >= 0.3 is 0 Å². The second kappa shape index (κ2) is 13.3. The highest BCUT2D eigenvalue weighted by atomic mass is 16.5. The summed E-state index contributed by atoms with van der Waals surface area (Å²) in [7, 11) is 0. The first-order chi connectivity index (χ1) is 21.5. The Hall–Kier alpha value is -3.98. The van der Waals surface area contributed by atoms with E-state index in [4.69, 9.17) is 9.72 Å². The van der Waals surface area contributed by atoms with Crippen molar-refractivity contribution in [2.75, 3.05) is 44.2 Å². The van der Waals surface area contributed by atoms with E-state index in [9.17, 15) is 9.59 Å². The fourth-order valence-corrected chi connectivity index (χ4v) is 7.25. The Morgan fingerprint density at radius 2 is 1.91 bits per heavy atom. The number of carbonyl (C=O) groups excluding carboxylic acids is 2. The molecule has 2 amide bonds. The van der Waals surface area contributed by atoms with Gasteiger partial charge in [0.25, 0.3) is 5.91 Å². The third-order valence-electron chi connectivity index (χ3n) is 9.56. The summed E-state index contributed by atoms with van der Waals surface area (Å²) < 4.78 is 6.13. The number of carbonyl (C=O) groups is 2. The van der Waals surface area contributed by atoms with Crippen molar-refractivity contribution in [1.29, 1.82) is 0 Å². The normalized spacial score (nSPS) is 21.3. The minimum absolute atomic E-state index is 0.0298. The van der Waals surface area contributed by atoms with Crippen molar-refractivity contribution in [3.8, 4) is 17.0 Å². The first kappa shape index (κ1) is 30.1. The molecule has 1 saturated carbocycles. The predicted octanol–water partition coefficient (Wildman–Crippen LogP) is 4.57. The molecule has 1 aromatic carbocycles. The molecule has 0 bridgehead atoms. The Kier molecular flexibility index (Phi) is 9.12. The molecule has 4 heterocycles. The summed E-state index contributed by atoms with van der Waals surface area (Å²) in [5, 5.41) is 6.54. The quantitative estimate of drug-likeness (QED) is 0.373. The maximum Gasteiger partial charge on any atom is 0.272 e. The Labute approximate surface area is 260 Å². The molecule has 2 aliphatic heterocycles. The van der Waals surface area contributed by atoms with E-state index in [1.807, 2.05) is 43.3 Å². The van der Waals surface area contributed by atoms with Crippen molar-refractivity contribution in [1.82, 2.24) is 25.5 Å². The molecule has 0 unspecified atom stereocenters. The number of hydrogen-bond donors (Lipinski definition) is 2. The largest absolute Gasteiger partial charge is 0.492 e. The molecule has 2 saturated heterocycles. The van der Waals surface area contributed by atoms with Crippen molar-refractivity contribution in [2.45, 2.75) is 69.9 Å². The molecule has 3 fully saturated rings. The number of ether oxygens (including phenoxy) is 1. The number of nitrogens with one attached hydrogen (secondary N) is 2. The molecule has 1 aliphatic carbocycles. The van der Waals surface area contributed by atoms with Crippen LogP contribution < -0.4 is 20.3 Å². The van der Waals surface area contributed by atoms with E-state index >= 15 is 0 Å². The molecule has 2 aromatic heterocycles. The SMILES string of the molecule is CCOc1cc(N2CCN(C(=O)C3(c4ccccc4)CCCC3)C[C@H]2CC)c(C(=O)N[C@@H]2CCNC2)nc1-c1cccnc1. The standard InChI is InChI=1S/C35H44N6O3/c1-3-28-24-40(34(43)35(15-8-9-16-35)26-12-6-5-7-13-26)19-20-41(28)29-21-30(44-4-2)31(25-11-10-17-36-22-25)39-32(29)33(42)38-27-14-18-37-23-27/h5-7,10-13,17,21-22,27-28,37H,3-4,8-9,14-16,18-20,23-24H2,1-2H3,(H,38,42)/t27-,28-/m1/s1. The first-order valence-corrected chi connectivity index (χ1v) is 16.3. The zero-order valence-electron chi connectivity index (χ0n) is 25.9. The summed E-state index contributed by atoms with van der Waals surface area (Å²) in [5.41, 5.74) is 3.22. The zero-order chi connectivity index (χ0) is 30.5. The van der Waals surface area contributed by atoms with E-state index in [1.165, 1.54) is 0 Å². The van der Waals surface area contributed by atoms with Gasteiger partial charge in [-0.25, -0.2) is 4.98 Å². The van der Waals surface area contributed by atoms with Crippen LogP contribution in [0, 0.1) is 0 Å². The van der Waals surface area contributed by atoms with Crippen molar-refractivity contribution in [3.63, 3.8) is 0 Å². The number of hydrogen-bond acceptors (Lipinski definition) is 7. The highest BCUT2D eigenvalue weighted by molar-refractivity contribution is 5.99. The number of pyridine rings is 2. The van der Waals surface area contributed by atoms with E-state index in [1.54, 1.807) is 12.4 Å². The third-order valence-corrected chi connectivity index (χ3v) is 9.56. The van der Waals surface area contributed by atoms with Gasteiger partial charge < -0.3 is 25.2 Å². The molecule has 2 N–H and O–H groups in total. The average molecular weight is 597 g/mol. The van der Waals surface area contributed by atoms with Crippen LogP contribution in [0.25, 0.3) is 11.3 Å². The predicted molar refractivity (Wildman–Crippen MR) is 172 cm³/mol. The highest BCUT2D eigenvalue weighted by Crippen LogP contribution is 2.43. The van der Waals surface area contributed by atoms with Gasteiger partial charge in [-0.05, 0) is 56.8 Å². The van der Waals surface area contributed by atoms with Crippen molar-refractivity contribution < 1.29 is 14.3 Å². The monoisotopic (exact) mass is 596 g/mol. The Morgan fingerprint density at radius 3 is 2.59 bits per heavy atom. The molecular formula is C35H44N6O3. The van der Waals surface area contributed by atoms with E-state index < -0.39 is 5.41 Å². The van der Waals surface area contributed by atoms with Crippen molar-refractivity contribution in [2.24, 2.45) is 0 Å². The van der Waals surface area contributed by atoms with Crippen molar-refractivity contribution in [3.05, 3.63) is 72.2 Å². The Balaban J connectivity index is 1.34. The van der Waals surface area contributed by atoms with Crippen LogP contribution in [-0.4, -0.2) is 78.1 Å². The minimum atomic E-state index is -0.447. The van der Waals surface area contributed by atoms with Crippen LogP contribution >= 0.6 is 0 Å². The van der Waals surface area contributed by atoms with Crippen LogP contribution in [0.15, 0.2) is 60.9 Å². The summed E-state index contributed by atoms with van der Waals surface area (Å²) in [6.45, 7) is 8.00. The number of rotatable bonds is 9. The highest BCUT2D eigenvalue weighted by Gasteiger charge is 2.46. The molecule has 3 aromatic rings. The summed E-state index contributed by atoms with van der Waals surface area (Å²) in [5.74, 6) is 0.673. The lowest BCUT2D eigenvalue weighted by atomic mass is 9.77. The van der Waals surface area contributed by atoms with Crippen molar-refractivity contribution >= 4 is 17.5 Å². The first-order valence-electron chi connectivity index (χ1n) is 16.3. The lowest BCUT2D eigenvalue weighted by molar-refractivity contribution is -0.138. The molecular weight excluding hydrogens is 552 g/mol. The van der Waals surface area contributed by atoms with E-state index in [-0.39, 0.29) is 23.9 Å². The summed E-state index contributed by atoms with van der Waals surface area (Å²) in [4.78, 5) is 41.9. The van der Waals surface area contributed by atoms with Gasteiger partial charge in [-0.3, -0.25) is 14.6 Å². The van der Waals surface area contributed by atoms with Crippen LogP contribution in [0.3, 0.4) is 0 Å². The van der Waals surface area contributed by atoms with E-state index in [2.05, 4.69) is 44.5 Å². The molecule has 9 heteroatoms. The van der Waals surface area contributed by atoms with Crippen LogP contribution in [0.4, 0.5) is 5.69 Å². The van der Waals surface area contributed by atoms with Gasteiger partial charge in [0.1, 0.15) is 11.4 Å². The number of amides is 2. The van der Waals surface area contributed by atoms with Gasteiger partial charge in [-0.2, -0.15) is 0 Å². The number of anilines is 1. The summed E-state index contributed by atoms with van der Waals surface area (Å²) in [6.07, 6.45) is 9.11. The summed E-state index contributed by atoms with van der Waals surface area (Å²) in [6, 6.07) is 16.2. The maximum atomic E-state index is 14.3. The van der Waals surface area contributed by atoms with Gasteiger partial charge in [0.15, 0.2) is 5.69 Å². The zero-order valence-corrected chi connectivity index (χ0v) is 25.9. The second-order valence-electron chi connectivity index (χ2n) is 12.2. The molecule has 2 atom stereocenters. The molecule has 6 rings (SSSR count). The van der Waals surface area contributed by atoms with Gasteiger partial charge in [0.05, 0.1) is 17.7 Å².